The highest BCUT2D eigenvalue weighted by molar-refractivity contribution is 5.89. The minimum Gasteiger partial charge on any atom is -0.386 e. The Hall–Kier alpha value is -0.650. The van der Waals surface area contributed by atoms with Gasteiger partial charge in [-0.3, -0.25) is 4.79 Å². The second-order valence-corrected chi connectivity index (χ2v) is 6.50. The Morgan fingerprint density at radius 3 is 2.39 bits per heavy atom. The van der Waals surface area contributed by atoms with E-state index in [0.717, 1.165) is 0 Å². The molecule has 2 fully saturated rings. The summed E-state index contributed by atoms with van der Waals surface area (Å²) in [5.74, 6) is -0.0602. The zero-order valence-electron chi connectivity index (χ0n) is 11.7. The van der Waals surface area contributed by atoms with Gasteiger partial charge < -0.3 is 20.5 Å². The van der Waals surface area contributed by atoms with Crippen LogP contribution in [0.25, 0.3) is 0 Å². The van der Waals surface area contributed by atoms with E-state index >= 15 is 0 Å². The first-order chi connectivity index (χ1) is 8.14. The zero-order valence-corrected chi connectivity index (χ0v) is 11.7. The van der Waals surface area contributed by atoms with Gasteiger partial charge in [0, 0.05) is 18.4 Å². The Morgan fingerprint density at radius 1 is 1.44 bits per heavy atom. The molecule has 0 bridgehead atoms. The van der Waals surface area contributed by atoms with E-state index in [4.69, 9.17) is 10.5 Å². The zero-order chi connectivity index (χ0) is 13.8. The van der Waals surface area contributed by atoms with Crippen molar-refractivity contribution in [2.45, 2.75) is 51.4 Å². The van der Waals surface area contributed by atoms with Crippen LogP contribution in [0.5, 0.6) is 0 Å². The second kappa shape index (κ2) is 3.92. The Balaban J connectivity index is 2.03. The van der Waals surface area contributed by atoms with Crippen molar-refractivity contribution < 1.29 is 14.6 Å². The summed E-state index contributed by atoms with van der Waals surface area (Å²) in [4.78, 5) is 14.1. The molecular weight excluding hydrogens is 232 g/mol. The first kappa shape index (κ1) is 13.8. The van der Waals surface area contributed by atoms with Crippen molar-refractivity contribution in [2.75, 3.05) is 19.7 Å². The fourth-order valence-electron chi connectivity index (χ4n) is 3.00. The third kappa shape index (κ3) is 1.76. The molecule has 2 aliphatic rings. The molecule has 2 atom stereocenters. The summed E-state index contributed by atoms with van der Waals surface area (Å²) >= 11 is 0. The molecule has 18 heavy (non-hydrogen) atoms. The molecule has 0 aromatic heterocycles. The van der Waals surface area contributed by atoms with Crippen molar-refractivity contribution in [3.63, 3.8) is 0 Å². The summed E-state index contributed by atoms with van der Waals surface area (Å²) in [5.41, 5.74) is 4.32. The minimum absolute atomic E-state index is 0.0400. The van der Waals surface area contributed by atoms with Gasteiger partial charge in [0.1, 0.15) is 5.54 Å². The van der Waals surface area contributed by atoms with Gasteiger partial charge in [0.25, 0.3) is 0 Å². The molecule has 5 nitrogen and oxygen atoms in total. The molecule has 104 valence electrons. The van der Waals surface area contributed by atoms with E-state index in [1.54, 1.807) is 11.8 Å². The second-order valence-electron chi connectivity index (χ2n) is 6.50. The molecule has 0 spiro atoms. The average Bonchev–Trinajstić information content (AvgIpc) is 2.24. The first-order valence-corrected chi connectivity index (χ1v) is 6.56. The van der Waals surface area contributed by atoms with E-state index in [1.165, 1.54) is 0 Å². The van der Waals surface area contributed by atoms with E-state index in [1.807, 2.05) is 20.8 Å². The molecule has 0 radical (unpaired) electrons. The lowest BCUT2D eigenvalue weighted by atomic mass is 9.54. The van der Waals surface area contributed by atoms with Crippen molar-refractivity contribution in [1.82, 2.24) is 4.90 Å². The van der Waals surface area contributed by atoms with E-state index in [-0.39, 0.29) is 17.4 Å². The van der Waals surface area contributed by atoms with Gasteiger partial charge >= 0.3 is 0 Å². The van der Waals surface area contributed by atoms with E-state index in [0.29, 0.717) is 26.1 Å². The molecule has 2 rings (SSSR count). The summed E-state index contributed by atoms with van der Waals surface area (Å²) in [5, 5.41) is 9.70. The van der Waals surface area contributed by atoms with Gasteiger partial charge in [0.15, 0.2) is 0 Å². The third-order valence-electron chi connectivity index (χ3n) is 4.56. The lowest BCUT2D eigenvalue weighted by Crippen LogP contribution is -2.79. The molecule has 1 aliphatic carbocycles. The molecule has 1 amide bonds. The molecule has 1 saturated carbocycles. The lowest BCUT2D eigenvalue weighted by molar-refractivity contribution is -0.192. The maximum atomic E-state index is 12.4. The number of carbonyl (C=O) groups is 1. The van der Waals surface area contributed by atoms with Crippen LogP contribution in [-0.4, -0.2) is 52.9 Å². The van der Waals surface area contributed by atoms with Crippen LogP contribution < -0.4 is 5.73 Å². The number of likely N-dealkylation sites (tertiary alicyclic amines) is 1. The molecule has 1 aliphatic heterocycles. The third-order valence-corrected chi connectivity index (χ3v) is 4.56. The Kier molecular flexibility index (Phi) is 3.00. The Labute approximate surface area is 108 Å². The Morgan fingerprint density at radius 2 is 2.00 bits per heavy atom. The van der Waals surface area contributed by atoms with Crippen LogP contribution in [0.15, 0.2) is 0 Å². The maximum absolute atomic E-state index is 12.4. The molecule has 1 saturated heterocycles. The number of rotatable bonds is 3. The Bertz CT molecular complexity index is 359. The first-order valence-electron chi connectivity index (χ1n) is 6.56. The smallest absolute Gasteiger partial charge is 0.243 e. The summed E-state index contributed by atoms with van der Waals surface area (Å²) in [7, 11) is 0. The number of ether oxygens (including phenoxy) is 1. The maximum Gasteiger partial charge on any atom is 0.243 e. The molecule has 0 aromatic rings. The van der Waals surface area contributed by atoms with Gasteiger partial charge in [-0.25, -0.2) is 0 Å². The monoisotopic (exact) mass is 256 g/mol. The van der Waals surface area contributed by atoms with Crippen LogP contribution >= 0.6 is 0 Å². The van der Waals surface area contributed by atoms with Gasteiger partial charge in [0.05, 0.1) is 24.8 Å². The molecule has 5 heteroatoms. The number of hydrogen-bond donors (Lipinski definition) is 2. The summed E-state index contributed by atoms with van der Waals surface area (Å²) in [6, 6.07) is 0. The van der Waals surface area contributed by atoms with Crippen molar-refractivity contribution >= 4 is 5.91 Å². The van der Waals surface area contributed by atoms with Crippen molar-refractivity contribution in [2.24, 2.45) is 11.1 Å². The standard InChI is InChI=1S/C13H24N2O3/c1-5-18-9-6-13(14,11(9,2)3)10(16)15-7-12(4,17)8-15/h9,17H,5-8,14H2,1-4H3. The van der Waals surface area contributed by atoms with Gasteiger partial charge in [-0.2, -0.15) is 0 Å². The van der Waals surface area contributed by atoms with Crippen LogP contribution in [0, 0.1) is 5.41 Å². The predicted molar refractivity (Wildman–Crippen MR) is 67.9 cm³/mol. The van der Waals surface area contributed by atoms with Crippen LogP contribution in [0.1, 0.15) is 34.1 Å². The normalized spacial score (nSPS) is 36.8. The van der Waals surface area contributed by atoms with Crippen LogP contribution in [0.3, 0.4) is 0 Å². The van der Waals surface area contributed by atoms with Gasteiger partial charge in [-0.15, -0.1) is 0 Å². The SMILES string of the molecule is CCOC1CC(N)(C(=O)N2CC(C)(O)C2)C1(C)C. The number of nitrogens with two attached hydrogens (primary N) is 1. The summed E-state index contributed by atoms with van der Waals surface area (Å²) in [6.45, 7) is 9.02. The molecule has 3 N–H and O–H groups in total. The number of aliphatic hydroxyl groups is 1. The fraction of sp³-hybridized carbons (Fsp3) is 0.923. The van der Waals surface area contributed by atoms with Crippen molar-refractivity contribution in [1.29, 1.82) is 0 Å². The van der Waals surface area contributed by atoms with Crippen molar-refractivity contribution in [3.05, 3.63) is 0 Å². The highest BCUT2D eigenvalue weighted by atomic mass is 16.5. The highest BCUT2D eigenvalue weighted by Gasteiger charge is 2.64. The summed E-state index contributed by atoms with van der Waals surface area (Å²) < 4.78 is 5.61. The van der Waals surface area contributed by atoms with Crippen molar-refractivity contribution in [3.8, 4) is 0 Å². The van der Waals surface area contributed by atoms with E-state index < -0.39 is 11.1 Å². The summed E-state index contributed by atoms with van der Waals surface area (Å²) in [6.07, 6.45) is 0.601. The van der Waals surface area contributed by atoms with Gasteiger partial charge in [-0.1, -0.05) is 13.8 Å². The number of β-amino-alcohol motifs (C(OH)–C–C–N with tert-alkyl or cyclic N) is 1. The lowest BCUT2D eigenvalue weighted by Gasteiger charge is -2.60. The van der Waals surface area contributed by atoms with Gasteiger partial charge in [-0.05, 0) is 13.8 Å². The topological polar surface area (TPSA) is 75.8 Å². The van der Waals surface area contributed by atoms with E-state index in [2.05, 4.69) is 0 Å². The van der Waals surface area contributed by atoms with Crippen LogP contribution in [0.2, 0.25) is 0 Å². The van der Waals surface area contributed by atoms with Crippen LogP contribution in [0.4, 0.5) is 0 Å². The number of nitrogens with zero attached hydrogens (tertiary/aromatic N) is 1. The number of hydrogen-bond acceptors (Lipinski definition) is 4. The van der Waals surface area contributed by atoms with Crippen LogP contribution in [-0.2, 0) is 9.53 Å². The highest BCUT2D eigenvalue weighted by Crippen LogP contribution is 2.51. The number of carbonyl (C=O) groups excluding carboxylic acids is 1. The largest absolute Gasteiger partial charge is 0.386 e. The predicted octanol–water partition coefficient (Wildman–Crippen LogP) is 0.112. The molecule has 2 unspecified atom stereocenters. The average molecular weight is 256 g/mol. The molecule has 0 aromatic carbocycles. The van der Waals surface area contributed by atoms with Gasteiger partial charge in [0.2, 0.25) is 5.91 Å². The number of amides is 1. The molecule has 1 heterocycles. The minimum atomic E-state index is -0.858. The fourth-order valence-corrected chi connectivity index (χ4v) is 3.00. The quantitative estimate of drug-likeness (QED) is 0.751. The van der Waals surface area contributed by atoms with E-state index in [9.17, 15) is 9.90 Å². The molecular formula is C13H24N2O3.